The molecule has 0 saturated heterocycles. The highest BCUT2D eigenvalue weighted by Crippen LogP contribution is 2.64. The number of hydrogen-bond acceptors (Lipinski definition) is 4. The standard InChI is InChI=1S/C19H25N3O3/c1-18-7-5-10(23)9-13(18)16(21-22-20)17(25)15-11-3-4-14(24)19(11,2)8-6-12(15)18/h9,11-12,15-17,25H,3-8H2,1-2H3/t11-,12-,15-,16-,17-,18+,19-/m0/s1. The third-order valence-electron chi connectivity index (χ3n) is 7.94. The molecule has 7 atom stereocenters. The minimum Gasteiger partial charge on any atom is -0.392 e. The van der Waals surface area contributed by atoms with Crippen molar-refractivity contribution in [3.05, 3.63) is 22.1 Å². The van der Waals surface area contributed by atoms with Crippen LogP contribution in [-0.2, 0) is 9.59 Å². The van der Waals surface area contributed by atoms with Crippen LogP contribution in [0, 0.1) is 28.6 Å². The Kier molecular flexibility index (Phi) is 3.64. The molecule has 3 fully saturated rings. The van der Waals surface area contributed by atoms with Crippen LogP contribution in [0.3, 0.4) is 0 Å². The van der Waals surface area contributed by atoms with Crippen LogP contribution in [0.5, 0.6) is 0 Å². The fourth-order valence-electron chi connectivity index (χ4n) is 6.53. The number of Topliss-reactive ketones (excluding diaryl/α,β-unsaturated/α-hetero) is 1. The van der Waals surface area contributed by atoms with E-state index in [2.05, 4.69) is 23.9 Å². The summed E-state index contributed by atoms with van der Waals surface area (Å²) in [5.41, 5.74) is 9.25. The van der Waals surface area contributed by atoms with Gasteiger partial charge in [0, 0.05) is 23.2 Å². The van der Waals surface area contributed by atoms with Crippen molar-refractivity contribution in [1.82, 2.24) is 0 Å². The lowest BCUT2D eigenvalue weighted by molar-refractivity contribution is -0.140. The van der Waals surface area contributed by atoms with E-state index in [4.69, 9.17) is 5.53 Å². The summed E-state index contributed by atoms with van der Waals surface area (Å²) < 4.78 is 0. The molecule has 4 aliphatic carbocycles. The number of carbonyl (C=O) groups is 2. The zero-order chi connectivity index (χ0) is 18.0. The summed E-state index contributed by atoms with van der Waals surface area (Å²) in [6.07, 6.45) is 5.17. The molecule has 134 valence electrons. The van der Waals surface area contributed by atoms with Gasteiger partial charge in [-0.1, -0.05) is 19.0 Å². The van der Waals surface area contributed by atoms with Crippen molar-refractivity contribution in [2.45, 2.75) is 64.5 Å². The Morgan fingerprint density at radius 1 is 1.16 bits per heavy atom. The van der Waals surface area contributed by atoms with Crippen LogP contribution in [0.25, 0.3) is 10.4 Å². The lowest BCUT2D eigenvalue weighted by atomic mass is 9.46. The van der Waals surface area contributed by atoms with Gasteiger partial charge < -0.3 is 5.11 Å². The van der Waals surface area contributed by atoms with Gasteiger partial charge in [-0.3, -0.25) is 9.59 Å². The van der Waals surface area contributed by atoms with Crippen molar-refractivity contribution in [2.75, 3.05) is 0 Å². The molecule has 0 unspecified atom stereocenters. The zero-order valence-electron chi connectivity index (χ0n) is 14.8. The Hall–Kier alpha value is -1.65. The molecule has 0 aromatic heterocycles. The molecule has 0 spiro atoms. The van der Waals surface area contributed by atoms with E-state index in [0.717, 1.165) is 31.3 Å². The van der Waals surface area contributed by atoms with Crippen LogP contribution in [0.1, 0.15) is 52.4 Å². The summed E-state index contributed by atoms with van der Waals surface area (Å²) in [5.74, 6) is 0.690. The van der Waals surface area contributed by atoms with Crippen molar-refractivity contribution < 1.29 is 14.7 Å². The van der Waals surface area contributed by atoms with Gasteiger partial charge in [-0.25, -0.2) is 0 Å². The first-order valence-corrected chi connectivity index (χ1v) is 9.33. The first kappa shape index (κ1) is 16.8. The summed E-state index contributed by atoms with van der Waals surface area (Å²) >= 11 is 0. The molecule has 0 heterocycles. The van der Waals surface area contributed by atoms with E-state index in [1.165, 1.54) is 0 Å². The van der Waals surface area contributed by atoms with E-state index in [0.29, 0.717) is 18.6 Å². The Labute approximate surface area is 147 Å². The fraction of sp³-hybridized carbons (Fsp3) is 0.789. The van der Waals surface area contributed by atoms with Gasteiger partial charge in [0.1, 0.15) is 5.78 Å². The molecule has 4 aliphatic rings. The highest BCUT2D eigenvalue weighted by Gasteiger charge is 2.63. The molecule has 0 radical (unpaired) electrons. The summed E-state index contributed by atoms with van der Waals surface area (Å²) in [4.78, 5) is 27.5. The van der Waals surface area contributed by atoms with Crippen molar-refractivity contribution in [3.8, 4) is 0 Å². The van der Waals surface area contributed by atoms with Gasteiger partial charge in [0.15, 0.2) is 5.78 Å². The molecule has 1 N–H and O–H groups in total. The van der Waals surface area contributed by atoms with Gasteiger partial charge in [0.05, 0.1) is 12.1 Å². The van der Waals surface area contributed by atoms with Crippen LogP contribution in [0.2, 0.25) is 0 Å². The maximum absolute atomic E-state index is 12.5. The third-order valence-corrected chi connectivity index (χ3v) is 7.94. The fourth-order valence-corrected chi connectivity index (χ4v) is 6.53. The quantitative estimate of drug-likeness (QED) is 0.448. The lowest BCUT2D eigenvalue weighted by Gasteiger charge is -2.59. The molecule has 0 aromatic carbocycles. The molecule has 6 nitrogen and oxygen atoms in total. The molecule has 6 heteroatoms. The molecular formula is C19H25N3O3. The molecule has 4 rings (SSSR count). The maximum Gasteiger partial charge on any atom is 0.155 e. The van der Waals surface area contributed by atoms with Gasteiger partial charge in [-0.15, -0.1) is 0 Å². The van der Waals surface area contributed by atoms with Crippen LogP contribution < -0.4 is 0 Å². The summed E-state index contributed by atoms with van der Waals surface area (Å²) in [6, 6.07) is -0.696. The summed E-state index contributed by atoms with van der Waals surface area (Å²) in [6.45, 7) is 4.21. The zero-order valence-corrected chi connectivity index (χ0v) is 14.8. The third kappa shape index (κ3) is 2.10. The second-order valence-electron chi connectivity index (χ2n) is 8.83. The van der Waals surface area contributed by atoms with Crippen LogP contribution in [0.15, 0.2) is 16.8 Å². The SMILES string of the molecule is C[C@]12CCC(=O)C=C1[C@H](N=[N+]=[N-])[C@@H](O)[C@@H]1[C@@H]2CC[C@]2(C)C(=O)CC[C@@H]12. The van der Waals surface area contributed by atoms with E-state index in [9.17, 15) is 14.7 Å². The predicted molar refractivity (Wildman–Crippen MR) is 91.4 cm³/mol. The largest absolute Gasteiger partial charge is 0.392 e. The summed E-state index contributed by atoms with van der Waals surface area (Å²) in [5, 5.41) is 15.1. The smallest absolute Gasteiger partial charge is 0.155 e. The van der Waals surface area contributed by atoms with Crippen LogP contribution >= 0.6 is 0 Å². The number of hydrogen-bond donors (Lipinski definition) is 1. The number of rotatable bonds is 1. The molecular weight excluding hydrogens is 318 g/mol. The van der Waals surface area contributed by atoms with Crippen LogP contribution in [-0.4, -0.2) is 28.8 Å². The second kappa shape index (κ2) is 5.42. The highest BCUT2D eigenvalue weighted by molar-refractivity contribution is 5.92. The van der Waals surface area contributed by atoms with E-state index in [1.54, 1.807) is 6.08 Å². The Balaban J connectivity index is 1.84. The Morgan fingerprint density at radius 2 is 1.88 bits per heavy atom. The number of ketones is 2. The average Bonchev–Trinajstić information content (AvgIpc) is 2.88. The van der Waals surface area contributed by atoms with E-state index < -0.39 is 12.1 Å². The predicted octanol–water partition coefficient (Wildman–Crippen LogP) is 3.35. The second-order valence-corrected chi connectivity index (χ2v) is 8.83. The maximum atomic E-state index is 12.5. The normalized spacial score (nSPS) is 48.8. The Bertz CT molecular complexity index is 725. The minimum atomic E-state index is -0.818. The van der Waals surface area contributed by atoms with Crippen molar-refractivity contribution in [1.29, 1.82) is 0 Å². The van der Waals surface area contributed by atoms with Crippen molar-refractivity contribution in [2.24, 2.45) is 33.7 Å². The van der Waals surface area contributed by atoms with Crippen molar-refractivity contribution in [3.63, 3.8) is 0 Å². The van der Waals surface area contributed by atoms with E-state index in [1.807, 2.05) is 0 Å². The van der Waals surface area contributed by atoms with Crippen LogP contribution in [0.4, 0.5) is 0 Å². The molecule has 3 saturated carbocycles. The number of aliphatic hydroxyl groups is 1. The molecule has 25 heavy (non-hydrogen) atoms. The van der Waals surface area contributed by atoms with Gasteiger partial charge in [-0.05, 0) is 66.0 Å². The molecule has 0 bridgehead atoms. The molecule has 0 aliphatic heterocycles. The van der Waals surface area contributed by atoms with Gasteiger partial charge in [0.25, 0.3) is 0 Å². The topological polar surface area (TPSA) is 103 Å². The minimum absolute atomic E-state index is 0.0453. The van der Waals surface area contributed by atoms with Crippen molar-refractivity contribution >= 4 is 11.6 Å². The lowest BCUT2D eigenvalue weighted by Crippen LogP contribution is -2.59. The number of azide groups is 1. The number of nitrogens with zero attached hydrogens (tertiary/aromatic N) is 3. The molecule has 0 amide bonds. The first-order chi connectivity index (χ1) is 11.8. The van der Waals surface area contributed by atoms with E-state index >= 15 is 0 Å². The number of carbonyl (C=O) groups excluding carboxylic acids is 2. The monoisotopic (exact) mass is 343 g/mol. The average molecular weight is 343 g/mol. The van der Waals surface area contributed by atoms with Gasteiger partial charge >= 0.3 is 0 Å². The van der Waals surface area contributed by atoms with Gasteiger partial charge in [-0.2, -0.15) is 0 Å². The summed E-state index contributed by atoms with van der Waals surface area (Å²) in [7, 11) is 0. The first-order valence-electron chi connectivity index (χ1n) is 9.33. The number of fused-ring (bicyclic) bond motifs is 5. The highest BCUT2D eigenvalue weighted by atomic mass is 16.3. The van der Waals surface area contributed by atoms with Gasteiger partial charge in [0.2, 0.25) is 0 Å². The van der Waals surface area contributed by atoms with E-state index in [-0.39, 0.29) is 34.4 Å². The number of aliphatic hydroxyl groups excluding tert-OH is 1. The Morgan fingerprint density at radius 3 is 2.60 bits per heavy atom. The molecule has 0 aromatic rings.